The molecule has 0 radical (unpaired) electrons. The topological polar surface area (TPSA) is 63.3 Å². The summed E-state index contributed by atoms with van der Waals surface area (Å²) >= 11 is 11.4. The van der Waals surface area contributed by atoms with Crippen molar-refractivity contribution >= 4 is 41.6 Å². The Labute approximate surface area is 97.2 Å². The summed E-state index contributed by atoms with van der Waals surface area (Å²) in [5, 5.41) is 9.33. The summed E-state index contributed by atoms with van der Waals surface area (Å²) in [7, 11) is 0. The van der Waals surface area contributed by atoms with Crippen LogP contribution >= 0.6 is 35.6 Å². The molecular formula is C8H8Cl3NO2. The van der Waals surface area contributed by atoms with Crippen molar-refractivity contribution in [2.45, 2.75) is 6.04 Å². The van der Waals surface area contributed by atoms with Gasteiger partial charge in [0.15, 0.2) is 0 Å². The minimum absolute atomic E-state index is 0. The van der Waals surface area contributed by atoms with Crippen LogP contribution in [0.15, 0.2) is 18.2 Å². The maximum absolute atomic E-state index is 10.5. The third kappa shape index (κ3) is 3.03. The van der Waals surface area contributed by atoms with Gasteiger partial charge in [-0.3, -0.25) is 4.79 Å². The van der Waals surface area contributed by atoms with Gasteiger partial charge in [0.05, 0.1) is 0 Å². The van der Waals surface area contributed by atoms with E-state index in [1.165, 1.54) is 12.1 Å². The van der Waals surface area contributed by atoms with Crippen molar-refractivity contribution in [3.63, 3.8) is 0 Å². The number of carbonyl (C=O) groups is 1. The Morgan fingerprint density at radius 3 is 2.43 bits per heavy atom. The van der Waals surface area contributed by atoms with Crippen molar-refractivity contribution in [2.24, 2.45) is 5.73 Å². The quantitative estimate of drug-likeness (QED) is 0.854. The normalized spacial score (nSPS) is 11.6. The van der Waals surface area contributed by atoms with Gasteiger partial charge in [-0.2, -0.15) is 0 Å². The molecule has 1 unspecified atom stereocenters. The van der Waals surface area contributed by atoms with Crippen LogP contribution in [0.5, 0.6) is 0 Å². The molecule has 3 nitrogen and oxygen atoms in total. The third-order valence-electron chi connectivity index (χ3n) is 1.56. The molecule has 0 aliphatic carbocycles. The number of benzene rings is 1. The zero-order valence-corrected chi connectivity index (χ0v) is 9.23. The molecule has 0 bridgehead atoms. The number of nitrogens with two attached hydrogens (primary N) is 1. The monoisotopic (exact) mass is 255 g/mol. The molecule has 1 rings (SSSR count). The highest BCUT2D eigenvalue weighted by Crippen LogP contribution is 2.25. The van der Waals surface area contributed by atoms with Crippen molar-refractivity contribution < 1.29 is 9.90 Å². The van der Waals surface area contributed by atoms with Crippen LogP contribution in [-0.2, 0) is 4.79 Å². The minimum Gasteiger partial charge on any atom is -0.480 e. The van der Waals surface area contributed by atoms with Crippen LogP contribution in [0.4, 0.5) is 0 Å². The summed E-state index contributed by atoms with van der Waals surface area (Å²) in [6.45, 7) is 0. The Kier molecular flexibility index (Phi) is 5.23. The molecule has 14 heavy (non-hydrogen) atoms. The smallest absolute Gasteiger partial charge is 0.325 e. The first-order valence-electron chi connectivity index (χ1n) is 3.45. The van der Waals surface area contributed by atoms with E-state index < -0.39 is 12.0 Å². The molecule has 0 aliphatic heterocycles. The largest absolute Gasteiger partial charge is 0.480 e. The second-order valence-electron chi connectivity index (χ2n) is 2.48. The zero-order chi connectivity index (χ0) is 10.0. The first-order valence-corrected chi connectivity index (χ1v) is 4.21. The van der Waals surface area contributed by atoms with Crippen LogP contribution in [0.1, 0.15) is 11.6 Å². The van der Waals surface area contributed by atoms with Gasteiger partial charge in [0.25, 0.3) is 0 Å². The molecule has 0 aromatic heterocycles. The van der Waals surface area contributed by atoms with Crippen LogP contribution in [-0.4, -0.2) is 11.1 Å². The summed E-state index contributed by atoms with van der Waals surface area (Å²) < 4.78 is 0. The molecule has 6 heteroatoms. The highest BCUT2D eigenvalue weighted by molar-refractivity contribution is 6.35. The fourth-order valence-electron chi connectivity index (χ4n) is 0.887. The highest BCUT2D eigenvalue weighted by Gasteiger charge is 2.16. The molecule has 1 atom stereocenters. The standard InChI is InChI=1S/C8H7Cl2NO2.ClH/c9-4-1-2-5(6(10)3-4)7(11)8(12)13;/h1-3,7H,11H2,(H,12,13);1H. The predicted octanol–water partition coefficient (Wildman–Crippen LogP) is 2.50. The maximum Gasteiger partial charge on any atom is 0.325 e. The van der Waals surface area contributed by atoms with Crippen LogP contribution < -0.4 is 5.73 Å². The number of carboxylic acid groups (broad SMARTS) is 1. The number of rotatable bonds is 2. The summed E-state index contributed by atoms with van der Waals surface area (Å²) in [6, 6.07) is 3.40. The molecule has 0 saturated carbocycles. The van der Waals surface area contributed by atoms with E-state index in [0.29, 0.717) is 10.6 Å². The molecule has 0 saturated heterocycles. The predicted molar refractivity (Wildman–Crippen MR) is 58.3 cm³/mol. The Morgan fingerprint density at radius 2 is 2.00 bits per heavy atom. The molecule has 0 fully saturated rings. The van der Waals surface area contributed by atoms with Gasteiger partial charge in [0.1, 0.15) is 6.04 Å². The fourth-order valence-corrected chi connectivity index (χ4v) is 1.41. The van der Waals surface area contributed by atoms with Gasteiger partial charge in [-0.05, 0) is 17.7 Å². The molecule has 1 aromatic carbocycles. The summed E-state index contributed by atoms with van der Waals surface area (Å²) in [4.78, 5) is 10.5. The van der Waals surface area contributed by atoms with E-state index >= 15 is 0 Å². The van der Waals surface area contributed by atoms with E-state index in [1.54, 1.807) is 6.07 Å². The summed E-state index contributed by atoms with van der Waals surface area (Å²) in [5.74, 6) is -1.12. The Morgan fingerprint density at radius 1 is 1.43 bits per heavy atom. The van der Waals surface area contributed by atoms with Gasteiger partial charge in [0.2, 0.25) is 0 Å². The van der Waals surface area contributed by atoms with Gasteiger partial charge in [-0.1, -0.05) is 29.3 Å². The number of carboxylic acids is 1. The van der Waals surface area contributed by atoms with Crippen LogP contribution in [0.25, 0.3) is 0 Å². The van der Waals surface area contributed by atoms with Crippen LogP contribution in [0, 0.1) is 0 Å². The van der Waals surface area contributed by atoms with Crippen molar-refractivity contribution in [2.75, 3.05) is 0 Å². The van der Waals surface area contributed by atoms with E-state index in [2.05, 4.69) is 0 Å². The maximum atomic E-state index is 10.5. The fraction of sp³-hybridized carbons (Fsp3) is 0.125. The van der Waals surface area contributed by atoms with Crippen molar-refractivity contribution in [3.8, 4) is 0 Å². The lowest BCUT2D eigenvalue weighted by Gasteiger charge is -2.08. The molecule has 0 heterocycles. The second kappa shape index (κ2) is 5.41. The summed E-state index contributed by atoms with van der Waals surface area (Å²) in [5.41, 5.74) is 5.72. The molecule has 78 valence electrons. The Hall–Kier alpha value is -0.480. The van der Waals surface area contributed by atoms with Gasteiger partial charge >= 0.3 is 5.97 Å². The van der Waals surface area contributed by atoms with Crippen molar-refractivity contribution in [1.82, 2.24) is 0 Å². The SMILES string of the molecule is Cl.NC(C(=O)O)c1ccc(Cl)cc1Cl. The van der Waals surface area contributed by atoms with Gasteiger partial charge in [-0.15, -0.1) is 12.4 Å². The van der Waals surface area contributed by atoms with Crippen LogP contribution in [0.3, 0.4) is 0 Å². The first-order chi connectivity index (χ1) is 6.02. The lowest BCUT2D eigenvalue weighted by molar-refractivity contribution is -0.138. The third-order valence-corrected chi connectivity index (χ3v) is 2.13. The van der Waals surface area contributed by atoms with Gasteiger partial charge in [-0.25, -0.2) is 0 Å². The zero-order valence-electron chi connectivity index (χ0n) is 6.91. The molecule has 0 amide bonds. The van der Waals surface area contributed by atoms with Crippen molar-refractivity contribution in [1.29, 1.82) is 0 Å². The number of hydrogen-bond donors (Lipinski definition) is 2. The van der Waals surface area contributed by atoms with E-state index in [0.717, 1.165) is 0 Å². The van der Waals surface area contributed by atoms with E-state index in [-0.39, 0.29) is 17.4 Å². The second-order valence-corrected chi connectivity index (χ2v) is 3.33. The molecular weight excluding hydrogens is 248 g/mol. The molecule has 0 spiro atoms. The molecule has 0 aliphatic rings. The van der Waals surface area contributed by atoms with Crippen LogP contribution in [0.2, 0.25) is 10.0 Å². The highest BCUT2D eigenvalue weighted by atomic mass is 35.5. The van der Waals surface area contributed by atoms with E-state index in [4.69, 9.17) is 34.0 Å². The summed E-state index contributed by atoms with van der Waals surface area (Å²) in [6.07, 6.45) is 0. The Balaban J connectivity index is 0.00000169. The average molecular weight is 257 g/mol. The first kappa shape index (κ1) is 13.5. The Bertz CT molecular complexity index is 343. The number of aliphatic carboxylic acids is 1. The molecule has 3 N–H and O–H groups in total. The molecule has 1 aromatic rings. The van der Waals surface area contributed by atoms with E-state index in [9.17, 15) is 4.79 Å². The minimum atomic E-state index is -1.12. The average Bonchev–Trinajstić information content (AvgIpc) is 2.03. The number of hydrogen-bond acceptors (Lipinski definition) is 2. The number of halogens is 3. The van der Waals surface area contributed by atoms with E-state index in [1.807, 2.05) is 0 Å². The lowest BCUT2D eigenvalue weighted by Crippen LogP contribution is -2.20. The lowest BCUT2D eigenvalue weighted by atomic mass is 10.1. The van der Waals surface area contributed by atoms with Crippen molar-refractivity contribution in [3.05, 3.63) is 33.8 Å². The van der Waals surface area contributed by atoms with Gasteiger partial charge in [0, 0.05) is 10.0 Å². The van der Waals surface area contributed by atoms with Gasteiger partial charge < -0.3 is 10.8 Å².